The Labute approximate surface area is 155 Å². The van der Waals surface area contributed by atoms with Crippen molar-refractivity contribution in [3.05, 3.63) is 53.7 Å². The van der Waals surface area contributed by atoms with Crippen LogP contribution in [0, 0.1) is 6.92 Å². The van der Waals surface area contributed by atoms with Gasteiger partial charge in [0, 0.05) is 38.1 Å². The largest absolute Gasteiger partial charge is 0.465 e. The van der Waals surface area contributed by atoms with Gasteiger partial charge in [-0.1, -0.05) is 18.9 Å². The van der Waals surface area contributed by atoms with Gasteiger partial charge in [-0.2, -0.15) is 0 Å². The molecule has 2 aromatic heterocycles. The lowest BCUT2D eigenvalue weighted by molar-refractivity contribution is -0.146. The van der Waals surface area contributed by atoms with E-state index >= 15 is 0 Å². The number of pyridine rings is 1. The lowest BCUT2D eigenvalue weighted by Gasteiger charge is -2.49. The van der Waals surface area contributed by atoms with Crippen LogP contribution in [0.2, 0.25) is 0 Å². The second-order valence-corrected chi connectivity index (χ2v) is 7.68. The third kappa shape index (κ3) is 4.00. The van der Waals surface area contributed by atoms with Crippen molar-refractivity contribution >= 4 is 0 Å². The maximum absolute atomic E-state index is 6.43. The van der Waals surface area contributed by atoms with Crippen LogP contribution in [0.5, 0.6) is 0 Å². The molecule has 0 bridgehead atoms. The van der Waals surface area contributed by atoms with Crippen molar-refractivity contribution in [3.63, 3.8) is 0 Å². The van der Waals surface area contributed by atoms with Crippen LogP contribution < -0.4 is 5.32 Å². The lowest BCUT2D eigenvalue weighted by Crippen LogP contribution is -2.63. The number of nitrogens with zero attached hydrogens (tertiary/aromatic N) is 2. The van der Waals surface area contributed by atoms with Gasteiger partial charge in [-0.3, -0.25) is 9.88 Å². The number of nitrogens with one attached hydrogen (secondary N) is 1. The Morgan fingerprint density at radius 3 is 3.08 bits per heavy atom. The van der Waals surface area contributed by atoms with Gasteiger partial charge < -0.3 is 14.5 Å². The molecule has 2 atom stereocenters. The molecule has 0 unspecified atom stereocenters. The number of furan rings is 1. The third-order valence-electron chi connectivity index (χ3n) is 5.72. The number of aromatic nitrogens is 1. The maximum Gasteiger partial charge on any atom is 0.118 e. The quantitative estimate of drug-likeness (QED) is 0.892. The molecule has 140 valence electrons. The van der Waals surface area contributed by atoms with Crippen molar-refractivity contribution < 1.29 is 9.15 Å². The van der Waals surface area contributed by atoms with E-state index in [0.29, 0.717) is 6.04 Å². The first-order chi connectivity index (χ1) is 12.7. The SMILES string of the molecule is Cc1ccc(CN2CCO[C@@]3(CCCC[C@H]3NCc3cccnc3)C2)o1. The molecule has 0 radical (unpaired) electrons. The molecule has 4 rings (SSSR count). The Morgan fingerprint density at radius 2 is 2.27 bits per heavy atom. The van der Waals surface area contributed by atoms with Crippen LogP contribution in [0.1, 0.15) is 42.8 Å². The minimum atomic E-state index is -0.0830. The van der Waals surface area contributed by atoms with Crippen molar-refractivity contribution in [3.8, 4) is 0 Å². The fraction of sp³-hybridized carbons (Fsp3) is 0.571. The number of hydrogen-bond donors (Lipinski definition) is 1. The van der Waals surface area contributed by atoms with Crippen LogP contribution in [0.25, 0.3) is 0 Å². The Bertz CT molecular complexity index is 698. The van der Waals surface area contributed by atoms with Crippen molar-refractivity contribution in [1.82, 2.24) is 15.2 Å². The van der Waals surface area contributed by atoms with Gasteiger partial charge in [0.15, 0.2) is 0 Å². The first kappa shape index (κ1) is 17.7. The molecule has 1 aliphatic heterocycles. The van der Waals surface area contributed by atoms with Crippen LogP contribution in [-0.2, 0) is 17.8 Å². The molecular formula is C21H29N3O2. The molecule has 5 heteroatoms. The van der Waals surface area contributed by atoms with Gasteiger partial charge in [0.25, 0.3) is 0 Å². The summed E-state index contributed by atoms with van der Waals surface area (Å²) in [4.78, 5) is 6.72. The summed E-state index contributed by atoms with van der Waals surface area (Å²) in [5.74, 6) is 2.03. The summed E-state index contributed by atoms with van der Waals surface area (Å²) < 4.78 is 12.2. The van der Waals surface area contributed by atoms with Crippen molar-refractivity contribution in [1.29, 1.82) is 0 Å². The van der Waals surface area contributed by atoms with E-state index in [1.807, 2.05) is 31.5 Å². The first-order valence-corrected chi connectivity index (χ1v) is 9.77. The second-order valence-electron chi connectivity index (χ2n) is 7.68. The molecule has 1 saturated heterocycles. The van der Waals surface area contributed by atoms with E-state index in [1.165, 1.54) is 24.8 Å². The van der Waals surface area contributed by atoms with Crippen LogP contribution >= 0.6 is 0 Å². The number of morpholine rings is 1. The highest BCUT2D eigenvalue weighted by Crippen LogP contribution is 2.35. The van der Waals surface area contributed by atoms with Gasteiger partial charge >= 0.3 is 0 Å². The number of rotatable bonds is 5. The molecule has 0 amide bonds. The Hall–Kier alpha value is -1.69. The van der Waals surface area contributed by atoms with E-state index in [4.69, 9.17) is 9.15 Å². The molecular weight excluding hydrogens is 326 g/mol. The van der Waals surface area contributed by atoms with Crippen molar-refractivity contribution in [2.45, 2.75) is 57.3 Å². The van der Waals surface area contributed by atoms with E-state index in [1.54, 1.807) is 0 Å². The summed E-state index contributed by atoms with van der Waals surface area (Å²) in [5.41, 5.74) is 1.15. The van der Waals surface area contributed by atoms with Crippen LogP contribution in [0.15, 0.2) is 41.1 Å². The molecule has 2 fully saturated rings. The van der Waals surface area contributed by atoms with E-state index < -0.39 is 0 Å². The monoisotopic (exact) mass is 355 g/mol. The Kier molecular flexibility index (Phi) is 5.38. The summed E-state index contributed by atoms with van der Waals surface area (Å²) in [7, 11) is 0. The summed E-state index contributed by atoms with van der Waals surface area (Å²) >= 11 is 0. The molecule has 0 aromatic carbocycles. The predicted molar refractivity (Wildman–Crippen MR) is 101 cm³/mol. The molecule has 2 aromatic rings. The maximum atomic E-state index is 6.43. The number of hydrogen-bond acceptors (Lipinski definition) is 5. The van der Waals surface area contributed by atoms with Gasteiger partial charge in [-0.15, -0.1) is 0 Å². The Morgan fingerprint density at radius 1 is 1.31 bits per heavy atom. The summed E-state index contributed by atoms with van der Waals surface area (Å²) in [5, 5.41) is 3.77. The zero-order chi connectivity index (χ0) is 17.8. The highest BCUT2D eigenvalue weighted by atomic mass is 16.5. The minimum absolute atomic E-state index is 0.0830. The summed E-state index contributed by atoms with van der Waals surface area (Å²) in [6, 6.07) is 8.65. The zero-order valence-electron chi connectivity index (χ0n) is 15.6. The highest BCUT2D eigenvalue weighted by molar-refractivity contribution is 5.10. The van der Waals surface area contributed by atoms with Gasteiger partial charge in [-0.25, -0.2) is 0 Å². The van der Waals surface area contributed by atoms with E-state index in [9.17, 15) is 0 Å². The average Bonchev–Trinajstić information content (AvgIpc) is 3.07. The molecule has 1 spiro atoms. The molecule has 1 N–H and O–H groups in total. The highest BCUT2D eigenvalue weighted by Gasteiger charge is 2.45. The Balaban J connectivity index is 1.42. The predicted octanol–water partition coefficient (Wildman–Crippen LogP) is 3.29. The van der Waals surface area contributed by atoms with E-state index in [2.05, 4.69) is 27.3 Å². The van der Waals surface area contributed by atoms with Gasteiger partial charge in [0.05, 0.1) is 18.8 Å². The molecule has 5 nitrogen and oxygen atoms in total. The van der Waals surface area contributed by atoms with Crippen molar-refractivity contribution in [2.24, 2.45) is 0 Å². The van der Waals surface area contributed by atoms with Gasteiger partial charge in [-0.05, 0) is 43.5 Å². The summed E-state index contributed by atoms with van der Waals surface area (Å²) in [6.45, 7) is 6.46. The van der Waals surface area contributed by atoms with E-state index in [-0.39, 0.29) is 5.60 Å². The third-order valence-corrected chi connectivity index (χ3v) is 5.72. The molecule has 26 heavy (non-hydrogen) atoms. The summed E-state index contributed by atoms with van der Waals surface area (Å²) in [6.07, 6.45) is 8.59. The smallest absolute Gasteiger partial charge is 0.118 e. The number of aryl methyl sites for hydroxylation is 1. The molecule has 1 aliphatic carbocycles. The lowest BCUT2D eigenvalue weighted by atomic mass is 9.78. The molecule has 3 heterocycles. The topological polar surface area (TPSA) is 50.5 Å². The van der Waals surface area contributed by atoms with Gasteiger partial charge in [0.1, 0.15) is 11.5 Å². The number of ether oxygens (including phenoxy) is 1. The minimum Gasteiger partial charge on any atom is -0.465 e. The zero-order valence-corrected chi connectivity index (χ0v) is 15.6. The molecule has 2 aliphatic rings. The fourth-order valence-corrected chi connectivity index (χ4v) is 4.41. The van der Waals surface area contributed by atoms with Gasteiger partial charge in [0.2, 0.25) is 0 Å². The second kappa shape index (κ2) is 7.91. The van der Waals surface area contributed by atoms with Crippen LogP contribution in [0.3, 0.4) is 0 Å². The fourth-order valence-electron chi connectivity index (χ4n) is 4.41. The van der Waals surface area contributed by atoms with E-state index in [0.717, 1.165) is 50.7 Å². The van der Waals surface area contributed by atoms with Crippen LogP contribution in [-0.4, -0.2) is 41.2 Å². The molecule has 1 saturated carbocycles. The normalized spacial score (nSPS) is 27.0. The van der Waals surface area contributed by atoms with Crippen molar-refractivity contribution in [2.75, 3.05) is 19.7 Å². The average molecular weight is 355 g/mol. The van der Waals surface area contributed by atoms with Crippen LogP contribution in [0.4, 0.5) is 0 Å². The first-order valence-electron chi connectivity index (χ1n) is 9.77. The standard InChI is InChI=1S/C21H29N3O2/c1-17-7-8-19(26-17)15-24-11-12-25-21(16-24)9-3-2-6-20(21)23-14-18-5-4-10-22-13-18/h4-5,7-8,10,13,20,23H,2-3,6,9,11-12,14-16H2,1H3/t20-,21+/m1/s1.